The summed E-state index contributed by atoms with van der Waals surface area (Å²) in [6, 6.07) is 18.6. The molecular formula is C28H25N3O3S2. The van der Waals surface area contributed by atoms with Gasteiger partial charge in [0.2, 0.25) is 0 Å². The van der Waals surface area contributed by atoms with Crippen molar-refractivity contribution >= 4 is 46.7 Å². The Hall–Kier alpha value is -3.49. The average Bonchev–Trinajstić information content (AvgIpc) is 3.46. The van der Waals surface area contributed by atoms with E-state index < -0.39 is 0 Å². The maximum absolute atomic E-state index is 13.6. The van der Waals surface area contributed by atoms with Crippen LogP contribution in [0.15, 0.2) is 87.1 Å². The van der Waals surface area contributed by atoms with Crippen molar-refractivity contribution < 1.29 is 14.3 Å². The summed E-state index contributed by atoms with van der Waals surface area (Å²) in [5, 5.41) is 11.9. The first-order valence-corrected chi connectivity index (χ1v) is 13.3. The number of anilines is 1. The van der Waals surface area contributed by atoms with E-state index in [0.29, 0.717) is 22.7 Å². The smallest absolute Gasteiger partial charge is 0.253 e. The highest BCUT2D eigenvalue weighted by Crippen LogP contribution is 2.53. The lowest BCUT2D eigenvalue weighted by atomic mass is 9.89. The molecular weight excluding hydrogens is 490 g/mol. The van der Waals surface area contributed by atoms with Crippen molar-refractivity contribution in [3.8, 4) is 5.75 Å². The summed E-state index contributed by atoms with van der Waals surface area (Å²) in [4.78, 5) is 27.3. The van der Waals surface area contributed by atoms with Crippen LogP contribution in [-0.2, 0) is 4.79 Å². The number of fused-ring (bicyclic) bond motifs is 3. The Morgan fingerprint density at radius 2 is 1.83 bits per heavy atom. The number of rotatable bonds is 7. The number of carbonyl (C=O) groups excluding carboxylic acids is 2. The van der Waals surface area contributed by atoms with E-state index in [1.807, 2.05) is 61.0 Å². The van der Waals surface area contributed by atoms with Crippen LogP contribution in [0.2, 0.25) is 0 Å². The number of Topliss-reactive ketones (excluding diaryl/α,β-unsaturated/α-hetero) is 1. The van der Waals surface area contributed by atoms with E-state index in [4.69, 9.17) is 10.1 Å². The topological polar surface area (TPSA) is 84.2 Å². The van der Waals surface area contributed by atoms with Crippen LogP contribution in [0.4, 0.5) is 5.69 Å². The molecule has 3 heterocycles. The first-order chi connectivity index (χ1) is 17.4. The van der Waals surface area contributed by atoms with Crippen LogP contribution in [0.1, 0.15) is 34.5 Å². The minimum atomic E-state index is -0.351. The number of nitrogens with one attached hydrogen (secondary N) is 2. The van der Waals surface area contributed by atoms with Crippen molar-refractivity contribution in [2.75, 3.05) is 18.2 Å². The van der Waals surface area contributed by atoms with Gasteiger partial charge in [0.05, 0.1) is 23.0 Å². The van der Waals surface area contributed by atoms with Crippen molar-refractivity contribution in [3.05, 3.63) is 104 Å². The molecule has 1 unspecified atom stereocenters. The third kappa shape index (κ3) is 4.31. The fraction of sp³-hybridized carbons (Fsp3) is 0.179. The zero-order valence-electron chi connectivity index (χ0n) is 20.1. The highest BCUT2D eigenvalue weighted by molar-refractivity contribution is 8.24. The van der Waals surface area contributed by atoms with Crippen LogP contribution in [0, 0.1) is 12.3 Å². The standard InChI is InChI=1S/C28H25N3O3S2/c1-16-7-4-5-8-20(16)30-27(33)23-17(2)36-28(25-24(23)21-9-6-14-31(21)26(25)29)35-15-22(32)18-10-12-19(34-3)13-11-18/h4-14,24,29H,15H2,1-3H3,(H,30,33). The Balaban J connectivity index is 1.44. The van der Waals surface area contributed by atoms with Gasteiger partial charge in [-0.25, -0.2) is 0 Å². The Morgan fingerprint density at radius 1 is 1.08 bits per heavy atom. The maximum atomic E-state index is 13.6. The van der Waals surface area contributed by atoms with E-state index in [2.05, 4.69) is 5.32 Å². The van der Waals surface area contributed by atoms with Gasteiger partial charge in [0.1, 0.15) is 11.6 Å². The number of carbonyl (C=O) groups is 2. The molecule has 1 aromatic heterocycles. The fourth-order valence-corrected chi connectivity index (χ4v) is 7.01. The summed E-state index contributed by atoms with van der Waals surface area (Å²) in [6.45, 7) is 3.90. The molecule has 0 saturated carbocycles. The first kappa shape index (κ1) is 24.2. The highest BCUT2D eigenvalue weighted by Gasteiger charge is 2.43. The van der Waals surface area contributed by atoms with Gasteiger partial charge in [-0.05, 0) is 66.8 Å². The predicted molar refractivity (Wildman–Crippen MR) is 147 cm³/mol. The minimum Gasteiger partial charge on any atom is -0.497 e. The summed E-state index contributed by atoms with van der Waals surface area (Å²) < 4.78 is 7.90. The molecule has 0 spiro atoms. The lowest BCUT2D eigenvalue weighted by molar-refractivity contribution is -0.113. The van der Waals surface area contributed by atoms with Gasteiger partial charge in [0, 0.05) is 34.3 Å². The van der Waals surface area contributed by atoms with Crippen molar-refractivity contribution in [2.45, 2.75) is 19.8 Å². The normalized spacial score (nSPS) is 16.6. The number of hydrogen-bond donors (Lipinski definition) is 2. The lowest BCUT2D eigenvalue weighted by Crippen LogP contribution is -2.23. The zero-order valence-corrected chi connectivity index (χ0v) is 21.8. The van der Waals surface area contributed by atoms with Crippen LogP contribution in [-0.4, -0.2) is 35.0 Å². The molecule has 36 heavy (non-hydrogen) atoms. The number of hydrogen-bond acceptors (Lipinski definition) is 6. The number of allylic oxidation sites excluding steroid dienone is 2. The number of methoxy groups -OCH3 is 1. The molecule has 2 aromatic carbocycles. The van der Waals surface area contributed by atoms with Gasteiger partial charge in [-0.15, -0.1) is 11.8 Å². The monoisotopic (exact) mass is 515 g/mol. The van der Waals surface area contributed by atoms with E-state index in [-0.39, 0.29) is 23.4 Å². The Kier molecular flexibility index (Phi) is 6.64. The van der Waals surface area contributed by atoms with Crippen LogP contribution in [0.5, 0.6) is 5.75 Å². The number of aromatic nitrogens is 1. The molecule has 6 nitrogen and oxygen atoms in total. The van der Waals surface area contributed by atoms with Crippen molar-refractivity contribution in [1.82, 2.24) is 4.57 Å². The second-order valence-corrected chi connectivity index (χ2v) is 11.0. The summed E-state index contributed by atoms with van der Waals surface area (Å²) >= 11 is 2.90. The van der Waals surface area contributed by atoms with Crippen molar-refractivity contribution in [1.29, 1.82) is 5.41 Å². The molecule has 2 aliphatic rings. The highest BCUT2D eigenvalue weighted by atomic mass is 32.2. The second kappa shape index (κ2) is 9.87. The number of ether oxygens (including phenoxy) is 1. The van der Waals surface area contributed by atoms with Gasteiger partial charge in [-0.3, -0.25) is 15.0 Å². The predicted octanol–water partition coefficient (Wildman–Crippen LogP) is 6.21. The van der Waals surface area contributed by atoms with E-state index >= 15 is 0 Å². The van der Waals surface area contributed by atoms with E-state index in [1.54, 1.807) is 31.4 Å². The lowest BCUT2D eigenvalue weighted by Gasteiger charge is -2.26. The molecule has 0 saturated heterocycles. The van der Waals surface area contributed by atoms with E-state index in [1.165, 1.54) is 23.5 Å². The summed E-state index contributed by atoms with van der Waals surface area (Å²) in [5.41, 5.74) is 4.69. The Bertz CT molecular complexity index is 1450. The van der Waals surface area contributed by atoms with Crippen LogP contribution >= 0.6 is 23.5 Å². The molecule has 0 radical (unpaired) electrons. The number of nitrogens with zero attached hydrogens (tertiary/aromatic N) is 1. The van der Waals surface area contributed by atoms with Gasteiger partial charge >= 0.3 is 0 Å². The Morgan fingerprint density at radius 3 is 2.56 bits per heavy atom. The van der Waals surface area contributed by atoms with E-state index in [0.717, 1.165) is 31.7 Å². The molecule has 3 aromatic rings. The zero-order chi connectivity index (χ0) is 25.4. The minimum absolute atomic E-state index is 0.00164. The molecule has 182 valence electrons. The van der Waals surface area contributed by atoms with Crippen molar-refractivity contribution in [2.24, 2.45) is 0 Å². The molecule has 1 atom stereocenters. The van der Waals surface area contributed by atoms with Crippen LogP contribution in [0.25, 0.3) is 0 Å². The fourth-order valence-electron chi connectivity index (χ4n) is 4.50. The molecule has 2 N–H and O–H groups in total. The first-order valence-electron chi connectivity index (χ1n) is 11.5. The third-order valence-corrected chi connectivity index (χ3v) is 8.80. The molecule has 5 rings (SSSR count). The number of aryl methyl sites for hydroxylation is 1. The molecule has 8 heteroatoms. The van der Waals surface area contributed by atoms with Gasteiger partial charge in [-0.1, -0.05) is 30.0 Å². The van der Waals surface area contributed by atoms with Gasteiger partial charge < -0.3 is 14.6 Å². The maximum Gasteiger partial charge on any atom is 0.253 e. The van der Waals surface area contributed by atoms with Gasteiger partial charge in [0.25, 0.3) is 5.91 Å². The molecule has 0 aliphatic carbocycles. The number of thioether (sulfide) groups is 2. The van der Waals surface area contributed by atoms with Gasteiger partial charge in [0.15, 0.2) is 5.78 Å². The number of amides is 1. The SMILES string of the molecule is COc1ccc(C(=O)CSC2=C3C(=N)n4cccc4C3C(C(=O)Nc3ccccc3C)=C(C)S2)cc1. The summed E-state index contributed by atoms with van der Waals surface area (Å²) in [6.07, 6.45) is 1.85. The second-order valence-electron chi connectivity index (χ2n) is 8.57. The number of benzene rings is 2. The quantitative estimate of drug-likeness (QED) is 0.365. The largest absolute Gasteiger partial charge is 0.497 e. The van der Waals surface area contributed by atoms with Gasteiger partial charge in [-0.2, -0.15) is 0 Å². The number of ketones is 1. The Labute approximate surface area is 218 Å². The average molecular weight is 516 g/mol. The van der Waals surface area contributed by atoms with Crippen molar-refractivity contribution in [3.63, 3.8) is 0 Å². The van der Waals surface area contributed by atoms with Crippen LogP contribution in [0.3, 0.4) is 0 Å². The molecule has 0 bridgehead atoms. The summed E-state index contributed by atoms with van der Waals surface area (Å²) in [5.74, 6) is 0.773. The van der Waals surface area contributed by atoms with Crippen LogP contribution < -0.4 is 10.1 Å². The molecule has 0 fully saturated rings. The van der Waals surface area contributed by atoms with E-state index in [9.17, 15) is 9.59 Å². The molecule has 1 amide bonds. The molecule has 2 aliphatic heterocycles. The third-order valence-electron chi connectivity index (χ3n) is 6.38. The summed E-state index contributed by atoms with van der Waals surface area (Å²) in [7, 11) is 1.59. The number of para-hydroxylation sites is 1.